The number of benzene rings is 1. The first-order chi connectivity index (χ1) is 9.15. The average molecular weight is 338 g/mol. The third kappa shape index (κ3) is 2.57. The van der Waals surface area contributed by atoms with Crippen molar-refractivity contribution in [1.82, 2.24) is 0 Å². The number of hydrogen-bond acceptors (Lipinski definition) is 3. The van der Waals surface area contributed by atoms with Crippen molar-refractivity contribution in [1.29, 1.82) is 0 Å². The number of thiophene rings is 1. The second-order valence-electron chi connectivity index (χ2n) is 4.93. The molecule has 3 rings (SSSR count). The highest BCUT2D eigenvalue weighted by Gasteiger charge is 2.19. The average Bonchev–Trinajstić information content (AvgIpc) is 2.85. The molecule has 1 N–H and O–H groups in total. The fraction of sp³-hybridized carbons (Fsp3) is 0.333. The molecule has 2 nitrogen and oxygen atoms in total. The van der Waals surface area contributed by atoms with Gasteiger partial charge in [-0.1, -0.05) is 6.07 Å². The molecule has 0 bridgehead atoms. The maximum atomic E-state index is 9.62. The molecule has 1 aliphatic heterocycles. The molecular weight excluding hydrogens is 322 g/mol. The van der Waals surface area contributed by atoms with Crippen molar-refractivity contribution in [2.75, 3.05) is 11.4 Å². The van der Waals surface area contributed by atoms with Crippen LogP contribution in [0.2, 0.25) is 0 Å². The molecule has 1 atom stereocenters. The molecule has 2 aromatic rings. The summed E-state index contributed by atoms with van der Waals surface area (Å²) in [6.45, 7) is 3.82. The first kappa shape index (κ1) is 13.2. The molecule has 0 amide bonds. The lowest BCUT2D eigenvalue weighted by Gasteiger charge is -2.30. The monoisotopic (exact) mass is 337 g/mol. The van der Waals surface area contributed by atoms with Crippen LogP contribution in [0.3, 0.4) is 0 Å². The predicted molar refractivity (Wildman–Crippen MR) is 83.8 cm³/mol. The van der Waals surface area contributed by atoms with Crippen molar-refractivity contribution in [3.8, 4) is 0 Å². The summed E-state index contributed by atoms with van der Waals surface area (Å²) in [5.41, 5.74) is 3.60. The molecule has 4 heteroatoms. The van der Waals surface area contributed by atoms with Gasteiger partial charge in [0.2, 0.25) is 0 Å². The van der Waals surface area contributed by atoms with E-state index < -0.39 is 6.10 Å². The first-order valence-corrected chi connectivity index (χ1v) is 8.10. The van der Waals surface area contributed by atoms with Crippen molar-refractivity contribution in [3.05, 3.63) is 50.1 Å². The Morgan fingerprint density at radius 3 is 2.95 bits per heavy atom. The van der Waals surface area contributed by atoms with Gasteiger partial charge in [-0.15, -0.1) is 11.3 Å². The van der Waals surface area contributed by atoms with Gasteiger partial charge in [0.05, 0.1) is 11.8 Å². The van der Waals surface area contributed by atoms with E-state index in [9.17, 15) is 5.11 Å². The standard InChI is InChI=1S/C15H16BrNOS/c1-10(18)11-2-3-14(13(16)8-11)17-6-4-15-12(9-17)5-7-19-15/h2-3,5,7-8,10,18H,4,6,9H2,1H3/t10-/m1/s1. The second-order valence-corrected chi connectivity index (χ2v) is 6.78. The molecule has 1 aromatic carbocycles. The number of nitrogens with zero attached hydrogens (tertiary/aromatic N) is 1. The van der Waals surface area contributed by atoms with Crippen molar-refractivity contribution < 1.29 is 5.11 Å². The van der Waals surface area contributed by atoms with E-state index in [4.69, 9.17) is 0 Å². The predicted octanol–water partition coefficient (Wildman–Crippen LogP) is 4.13. The Kier molecular flexibility index (Phi) is 3.65. The van der Waals surface area contributed by atoms with Crippen LogP contribution in [0.4, 0.5) is 5.69 Å². The van der Waals surface area contributed by atoms with Crippen LogP contribution in [-0.2, 0) is 13.0 Å². The van der Waals surface area contributed by atoms with Crippen LogP contribution in [0.25, 0.3) is 0 Å². The van der Waals surface area contributed by atoms with Gasteiger partial charge in [-0.3, -0.25) is 0 Å². The number of halogens is 1. The van der Waals surface area contributed by atoms with Crippen LogP contribution < -0.4 is 4.90 Å². The first-order valence-electron chi connectivity index (χ1n) is 6.43. The fourth-order valence-electron chi connectivity index (χ4n) is 2.49. The molecule has 100 valence electrons. The number of rotatable bonds is 2. The second kappa shape index (κ2) is 5.27. The molecule has 0 saturated carbocycles. The van der Waals surface area contributed by atoms with Crippen LogP contribution in [0.1, 0.15) is 29.0 Å². The van der Waals surface area contributed by atoms with Crippen LogP contribution in [0.5, 0.6) is 0 Å². The Morgan fingerprint density at radius 1 is 1.37 bits per heavy atom. The molecule has 1 aromatic heterocycles. The smallest absolute Gasteiger partial charge is 0.0762 e. The minimum atomic E-state index is -0.421. The SMILES string of the molecule is C[C@@H](O)c1ccc(N2CCc3sccc3C2)c(Br)c1. The summed E-state index contributed by atoms with van der Waals surface area (Å²) in [6.07, 6.45) is 0.701. The number of aliphatic hydroxyl groups excluding tert-OH is 1. The van der Waals surface area contributed by atoms with Gasteiger partial charge in [-0.2, -0.15) is 0 Å². The van der Waals surface area contributed by atoms with Crippen molar-refractivity contribution in [3.63, 3.8) is 0 Å². The summed E-state index contributed by atoms with van der Waals surface area (Å²) in [5, 5.41) is 11.8. The molecule has 0 fully saturated rings. The molecule has 0 aliphatic carbocycles. The number of aliphatic hydroxyl groups is 1. The highest BCUT2D eigenvalue weighted by Crippen LogP contribution is 2.33. The van der Waals surface area contributed by atoms with Crippen LogP contribution in [0.15, 0.2) is 34.1 Å². The Balaban J connectivity index is 1.88. The van der Waals surface area contributed by atoms with E-state index in [-0.39, 0.29) is 0 Å². The zero-order valence-electron chi connectivity index (χ0n) is 10.8. The lowest BCUT2D eigenvalue weighted by atomic mass is 10.1. The Hall–Kier alpha value is -0.840. The number of anilines is 1. The molecule has 0 unspecified atom stereocenters. The zero-order valence-corrected chi connectivity index (χ0v) is 13.2. The Morgan fingerprint density at radius 2 is 2.21 bits per heavy atom. The zero-order chi connectivity index (χ0) is 13.4. The molecule has 19 heavy (non-hydrogen) atoms. The van der Waals surface area contributed by atoms with E-state index >= 15 is 0 Å². The summed E-state index contributed by atoms with van der Waals surface area (Å²) in [4.78, 5) is 3.92. The quantitative estimate of drug-likeness (QED) is 0.890. The summed E-state index contributed by atoms with van der Waals surface area (Å²) in [7, 11) is 0. The molecule has 1 aliphatic rings. The van der Waals surface area contributed by atoms with Gasteiger partial charge < -0.3 is 10.0 Å². The highest BCUT2D eigenvalue weighted by molar-refractivity contribution is 9.10. The van der Waals surface area contributed by atoms with Gasteiger partial charge in [0.25, 0.3) is 0 Å². The van der Waals surface area contributed by atoms with E-state index in [0.717, 1.165) is 29.5 Å². The maximum Gasteiger partial charge on any atom is 0.0762 e. The van der Waals surface area contributed by atoms with E-state index in [1.807, 2.05) is 23.5 Å². The van der Waals surface area contributed by atoms with E-state index in [1.165, 1.54) is 16.1 Å². The molecule has 0 saturated heterocycles. The van der Waals surface area contributed by atoms with E-state index in [0.29, 0.717) is 0 Å². The van der Waals surface area contributed by atoms with Gasteiger partial charge in [0.15, 0.2) is 0 Å². The van der Waals surface area contributed by atoms with Gasteiger partial charge >= 0.3 is 0 Å². The minimum Gasteiger partial charge on any atom is -0.389 e. The lowest BCUT2D eigenvalue weighted by Crippen LogP contribution is -2.29. The normalized spacial score (nSPS) is 16.3. The topological polar surface area (TPSA) is 23.5 Å². The largest absolute Gasteiger partial charge is 0.389 e. The van der Waals surface area contributed by atoms with Crippen LogP contribution in [0, 0.1) is 0 Å². The number of hydrogen-bond donors (Lipinski definition) is 1. The van der Waals surface area contributed by atoms with Crippen molar-refractivity contribution >= 4 is 33.0 Å². The number of fused-ring (bicyclic) bond motifs is 1. The van der Waals surface area contributed by atoms with E-state index in [2.05, 4.69) is 38.3 Å². The van der Waals surface area contributed by atoms with Gasteiger partial charge in [-0.05, 0) is 64.0 Å². The maximum absolute atomic E-state index is 9.62. The van der Waals surface area contributed by atoms with Crippen molar-refractivity contribution in [2.24, 2.45) is 0 Å². The van der Waals surface area contributed by atoms with Gasteiger partial charge in [-0.25, -0.2) is 0 Å². The third-order valence-corrected chi connectivity index (χ3v) is 5.26. The molecule has 0 spiro atoms. The summed E-state index contributed by atoms with van der Waals surface area (Å²) >= 11 is 5.49. The van der Waals surface area contributed by atoms with E-state index in [1.54, 1.807) is 6.92 Å². The van der Waals surface area contributed by atoms with Crippen LogP contribution >= 0.6 is 27.3 Å². The summed E-state index contributed by atoms with van der Waals surface area (Å²) < 4.78 is 1.06. The Bertz CT molecular complexity index is 594. The van der Waals surface area contributed by atoms with Crippen LogP contribution in [-0.4, -0.2) is 11.7 Å². The summed E-state index contributed by atoms with van der Waals surface area (Å²) in [6, 6.07) is 8.35. The van der Waals surface area contributed by atoms with Gasteiger partial charge in [0, 0.05) is 22.4 Å². The van der Waals surface area contributed by atoms with Crippen molar-refractivity contribution in [2.45, 2.75) is 26.0 Å². The molecular formula is C15H16BrNOS. The summed E-state index contributed by atoms with van der Waals surface area (Å²) in [5.74, 6) is 0. The minimum absolute atomic E-state index is 0.421. The molecule has 0 radical (unpaired) electrons. The lowest BCUT2D eigenvalue weighted by molar-refractivity contribution is 0.199. The third-order valence-electron chi connectivity index (χ3n) is 3.60. The Labute approximate surface area is 125 Å². The fourth-order valence-corrected chi connectivity index (χ4v) is 4.03. The molecule has 2 heterocycles. The highest BCUT2D eigenvalue weighted by atomic mass is 79.9. The van der Waals surface area contributed by atoms with Gasteiger partial charge in [0.1, 0.15) is 0 Å².